The van der Waals surface area contributed by atoms with E-state index in [2.05, 4.69) is 0 Å². The highest BCUT2D eigenvalue weighted by Gasteiger charge is 2.48. The summed E-state index contributed by atoms with van der Waals surface area (Å²) >= 11 is 0. The molecule has 1 aliphatic carbocycles. The fourth-order valence-electron chi connectivity index (χ4n) is 4.72. The average Bonchev–Trinajstić information content (AvgIpc) is 2.98. The molecule has 0 bridgehead atoms. The number of carbonyl (C=O) groups is 4. The van der Waals surface area contributed by atoms with E-state index in [0.717, 1.165) is 25.7 Å². The second-order valence-electron chi connectivity index (χ2n) is 8.03. The largest absolute Gasteiger partial charge is 0.369 e. The number of carbonyl (C=O) groups excluding carboxylic acids is 4. The van der Waals surface area contributed by atoms with Gasteiger partial charge in [0, 0.05) is 24.6 Å². The minimum atomic E-state index is -0.308. The molecule has 1 saturated carbocycles. The summed E-state index contributed by atoms with van der Waals surface area (Å²) in [7, 11) is 0. The van der Waals surface area contributed by atoms with Gasteiger partial charge < -0.3 is 10.6 Å². The number of imide groups is 1. The van der Waals surface area contributed by atoms with E-state index >= 15 is 0 Å². The van der Waals surface area contributed by atoms with Crippen LogP contribution in [0.1, 0.15) is 48.9 Å². The summed E-state index contributed by atoms with van der Waals surface area (Å²) in [6.45, 7) is 1.00. The molecule has 7 heteroatoms. The van der Waals surface area contributed by atoms with Crippen molar-refractivity contribution < 1.29 is 19.2 Å². The molecule has 2 N–H and O–H groups in total. The molecular formula is C21H25N3O4. The van der Waals surface area contributed by atoms with Crippen LogP contribution in [0.4, 0.5) is 5.69 Å². The third-order valence-electron chi connectivity index (χ3n) is 6.40. The molecule has 3 aliphatic rings. The van der Waals surface area contributed by atoms with Crippen molar-refractivity contribution in [1.29, 1.82) is 0 Å². The van der Waals surface area contributed by atoms with Gasteiger partial charge in [0.05, 0.1) is 17.5 Å². The molecule has 4 rings (SSSR count). The maximum absolute atomic E-state index is 12.7. The van der Waals surface area contributed by atoms with Crippen molar-refractivity contribution in [2.24, 2.45) is 23.5 Å². The molecule has 1 aromatic rings. The summed E-state index contributed by atoms with van der Waals surface area (Å²) in [5.41, 5.74) is 6.39. The molecule has 0 aromatic heterocycles. The highest BCUT2D eigenvalue weighted by molar-refractivity contribution is 6.22. The molecule has 0 radical (unpaired) electrons. The van der Waals surface area contributed by atoms with Crippen molar-refractivity contribution in [3.8, 4) is 0 Å². The lowest BCUT2D eigenvalue weighted by Crippen LogP contribution is -2.41. The quantitative estimate of drug-likeness (QED) is 0.803. The lowest BCUT2D eigenvalue weighted by molar-refractivity contribution is -0.123. The van der Waals surface area contributed by atoms with E-state index in [1.165, 1.54) is 4.90 Å². The van der Waals surface area contributed by atoms with Gasteiger partial charge in [0.1, 0.15) is 0 Å². The second kappa shape index (κ2) is 7.37. The summed E-state index contributed by atoms with van der Waals surface area (Å²) < 4.78 is 0. The zero-order valence-corrected chi connectivity index (χ0v) is 15.8. The van der Waals surface area contributed by atoms with Crippen LogP contribution in [0, 0.1) is 17.8 Å². The van der Waals surface area contributed by atoms with Gasteiger partial charge in [0.2, 0.25) is 17.7 Å². The number of rotatable bonds is 3. The molecule has 1 aromatic carbocycles. The molecule has 148 valence electrons. The van der Waals surface area contributed by atoms with E-state index in [1.54, 1.807) is 29.2 Å². The van der Waals surface area contributed by atoms with Crippen LogP contribution in [0.5, 0.6) is 0 Å². The summed E-state index contributed by atoms with van der Waals surface area (Å²) in [5.74, 6) is -1.17. The van der Waals surface area contributed by atoms with Gasteiger partial charge in [-0.3, -0.25) is 24.1 Å². The number of nitrogens with two attached hydrogens (primary N) is 1. The fraction of sp³-hybridized carbons (Fsp3) is 0.524. The lowest BCUT2D eigenvalue weighted by atomic mass is 9.81. The van der Waals surface area contributed by atoms with Gasteiger partial charge in [0.15, 0.2) is 0 Å². The third-order valence-corrected chi connectivity index (χ3v) is 6.40. The van der Waals surface area contributed by atoms with Crippen LogP contribution in [0.25, 0.3) is 0 Å². The van der Waals surface area contributed by atoms with Gasteiger partial charge in [-0.1, -0.05) is 12.8 Å². The van der Waals surface area contributed by atoms with Crippen LogP contribution < -0.4 is 10.6 Å². The smallest absolute Gasteiger partial charge is 0.253 e. The molecule has 7 nitrogen and oxygen atoms in total. The molecule has 2 heterocycles. The highest BCUT2D eigenvalue weighted by atomic mass is 16.2. The summed E-state index contributed by atoms with van der Waals surface area (Å²) in [6.07, 6.45) is 4.71. The molecule has 28 heavy (non-hydrogen) atoms. The van der Waals surface area contributed by atoms with Crippen molar-refractivity contribution in [1.82, 2.24) is 4.90 Å². The summed E-state index contributed by atoms with van der Waals surface area (Å²) in [5, 5.41) is 0. The van der Waals surface area contributed by atoms with Crippen molar-refractivity contribution in [3.05, 3.63) is 29.8 Å². The van der Waals surface area contributed by atoms with Gasteiger partial charge in [-0.25, -0.2) is 0 Å². The first kappa shape index (κ1) is 18.7. The van der Waals surface area contributed by atoms with E-state index in [0.29, 0.717) is 37.2 Å². The predicted molar refractivity (Wildman–Crippen MR) is 102 cm³/mol. The number of anilines is 1. The predicted octanol–water partition coefficient (Wildman–Crippen LogP) is 1.70. The minimum Gasteiger partial charge on any atom is -0.369 e. The molecule has 0 spiro atoms. The fourth-order valence-corrected chi connectivity index (χ4v) is 4.72. The lowest BCUT2D eigenvalue weighted by Gasteiger charge is -2.30. The maximum Gasteiger partial charge on any atom is 0.253 e. The summed E-state index contributed by atoms with van der Waals surface area (Å²) in [4.78, 5) is 52.4. The Balaban J connectivity index is 1.45. The van der Waals surface area contributed by atoms with Crippen LogP contribution in [0.15, 0.2) is 24.3 Å². The van der Waals surface area contributed by atoms with E-state index < -0.39 is 0 Å². The zero-order valence-electron chi connectivity index (χ0n) is 15.8. The Kier molecular flexibility index (Phi) is 4.91. The number of hydrogen-bond acceptors (Lipinski definition) is 4. The SMILES string of the molecule is NC(=O)C1CCN(C(=O)c2ccc(N3C(=O)[C@@H]4CCCC[C@H]4C3=O)cc2)CC1. The average molecular weight is 383 g/mol. The van der Waals surface area contributed by atoms with Crippen LogP contribution in [0.3, 0.4) is 0 Å². The molecule has 2 atom stereocenters. The minimum absolute atomic E-state index is 0.109. The van der Waals surface area contributed by atoms with Gasteiger partial charge in [0.25, 0.3) is 5.91 Å². The van der Waals surface area contributed by atoms with Gasteiger partial charge in [-0.15, -0.1) is 0 Å². The Morgan fingerprint density at radius 1 is 0.857 bits per heavy atom. The number of likely N-dealkylation sites (tertiary alicyclic amines) is 1. The van der Waals surface area contributed by atoms with Gasteiger partial charge in [-0.05, 0) is 49.9 Å². The number of fused-ring (bicyclic) bond motifs is 1. The third kappa shape index (κ3) is 3.19. The van der Waals surface area contributed by atoms with Crippen LogP contribution >= 0.6 is 0 Å². The van der Waals surface area contributed by atoms with Gasteiger partial charge >= 0.3 is 0 Å². The number of piperidine rings is 1. The molecule has 0 unspecified atom stereocenters. The number of hydrogen-bond donors (Lipinski definition) is 1. The van der Waals surface area contributed by atoms with Gasteiger partial charge in [-0.2, -0.15) is 0 Å². The van der Waals surface area contributed by atoms with E-state index in [9.17, 15) is 19.2 Å². The van der Waals surface area contributed by atoms with Crippen molar-refractivity contribution in [2.75, 3.05) is 18.0 Å². The molecule has 3 fully saturated rings. The number of amides is 4. The maximum atomic E-state index is 12.7. The summed E-state index contributed by atoms with van der Waals surface area (Å²) in [6, 6.07) is 6.69. The topological polar surface area (TPSA) is 101 Å². The molecule has 2 aliphatic heterocycles. The normalized spacial score (nSPS) is 25.7. The first-order chi connectivity index (χ1) is 13.5. The Labute approximate surface area is 163 Å². The Hall–Kier alpha value is -2.70. The van der Waals surface area contributed by atoms with E-state index in [4.69, 9.17) is 5.73 Å². The molecule has 4 amide bonds. The van der Waals surface area contributed by atoms with E-state index in [-0.39, 0.29) is 41.4 Å². The first-order valence-corrected chi connectivity index (χ1v) is 10.0. The zero-order chi connectivity index (χ0) is 19.8. The monoisotopic (exact) mass is 383 g/mol. The van der Waals surface area contributed by atoms with Crippen molar-refractivity contribution in [2.45, 2.75) is 38.5 Å². The number of benzene rings is 1. The Morgan fingerprint density at radius 2 is 1.39 bits per heavy atom. The van der Waals surface area contributed by atoms with Crippen LogP contribution in [-0.2, 0) is 14.4 Å². The van der Waals surface area contributed by atoms with Crippen molar-refractivity contribution in [3.63, 3.8) is 0 Å². The number of primary amides is 1. The van der Waals surface area contributed by atoms with Crippen LogP contribution in [-0.4, -0.2) is 41.6 Å². The molecular weight excluding hydrogens is 358 g/mol. The van der Waals surface area contributed by atoms with E-state index in [1.807, 2.05) is 0 Å². The first-order valence-electron chi connectivity index (χ1n) is 10.0. The second-order valence-corrected chi connectivity index (χ2v) is 8.03. The molecule has 2 saturated heterocycles. The Morgan fingerprint density at radius 3 is 1.89 bits per heavy atom. The number of nitrogens with zero attached hydrogens (tertiary/aromatic N) is 2. The Bertz CT molecular complexity index is 787. The van der Waals surface area contributed by atoms with Crippen molar-refractivity contribution >= 4 is 29.3 Å². The highest BCUT2D eigenvalue weighted by Crippen LogP contribution is 2.40. The van der Waals surface area contributed by atoms with Crippen LogP contribution in [0.2, 0.25) is 0 Å². The standard InChI is InChI=1S/C21H25N3O4/c22-18(25)13-9-11-23(12-10-13)19(26)14-5-7-15(8-6-14)24-20(27)16-3-1-2-4-17(16)21(24)28/h5-8,13,16-17H,1-4,9-12H2,(H2,22,25)/t16-,17-/m1/s1.